The number of hydrogen-bond acceptors (Lipinski definition) is 5. The first-order valence-electron chi connectivity index (χ1n) is 13.6. The van der Waals surface area contributed by atoms with Gasteiger partial charge in [-0.1, -0.05) is 19.9 Å². The number of nitrogens with one attached hydrogen (secondary N) is 1. The van der Waals surface area contributed by atoms with Gasteiger partial charge in [0.1, 0.15) is 6.33 Å². The molecule has 5 heterocycles. The Morgan fingerprint density at radius 3 is 2.67 bits per heavy atom. The minimum atomic E-state index is 0.376. The molecule has 1 N–H and O–H groups in total. The number of likely N-dealkylation sites (tertiary alicyclic amines) is 1. The van der Waals surface area contributed by atoms with E-state index in [1.165, 1.54) is 60.8 Å². The number of fused-ring (bicyclic) bond motifs is 2. The van der Waals surface area contributed by atoms with E-state index in [2.05, 4.69) is 58.1 Å². The average Bonchev–Trinajstić information content (AvgIpc) is 3.54. The van der Waals surface area contributed by atoms with Crippen LogP contribution >= 0.6 is 0 Å². The lowest BCUT2D eigenvalue weighted by Crippen LogP contribution is -2.43. The Bertz CT molecular complexity index is 1340. The van der Waals surface area contributed by atoms with Gasteiger partial charge in [-0.25, -0.2) is 9.50 Å². The van der Waals surface area contributed by atoms with Crippen molar-refractivity contribution in [2.75, 3.05) is 32.9 Å². The molecule has 0 aliphatic carbocycles. The highest BCUT2D eigenvalue weighted by atomic mass is 16.5. The predicted octanol–water partition coefficient (Wildman–Crippen LogP) is 5.76. The van der Waals surface area contributed by atoms with Crippen molar-refractivity contribution >= 4 is 16.6 Å². The van der Waals surface area contributed by atoms with Crippen molar-refractivity contribution in [3.05, 3.63) is 47.9 Å². The molecule has 0 atom stereocenters. The third kappa shape index (κ3) is 4.28. The molecule has 0 radical (unpaired) electrons. The van der Waals surface area contributed by atoms with Gasteiger partial charge in [0.15, 0.2) is 11.4 Å². The minimum Gasteiger partial charge on any atom is -0.490 e. The third-order valence-electron chi connectivity index (χ3n) is 8.08. The summed E-state index contributed by atoms with van der Waals surface area (Å²) in [5, 5.41) is 5.73. The van der Waals surface area contributed by atoms with Crippen molar-refractivity contribution in [3.8, 4) is 17.0 Å². The monoisotopic (exact) mass is 487 g/mol. The fraction of sp³-hybridized carbons (Fsp3) is 0.517. The van der Waals surface area contributed by atoms with Crippen LogP contribution in [-0.2, 0) is 4.74 Å². The molecule has 6 rings (SSSR count). The molecule has 190 valence electrons. The lowest BCUT2D eigenvalue weighted by Gasteiger charge is -2.39. The Morgan fingerprint density at radius 2 is 1.92 bits per heavy atom. The van der Waals surface area contributed by atoms with Crippen LogP contribution in [-0.4, -0.2) is 63.4 Å². The molecule has 2 aliphatic rings. The molecule has 2 aliphatic heterocycles. The van der Waals surface area contributed by atoms with E-state index < -0.39 is 0 Å². The molecule has 0 bridgehead atoms. The van der Waals surface area contributed by atoms with Gasteiger partial charge in [-0.2, -0.15) is 5.10 Å². The first-order chi connectivity index (χ1) is 17.6. The highest BCUT2D eigenvalue weighted by Crippen LogP contribution is 2.39. The fourth-order valence-electron chi connectivity index (χ4n) is 6.25. The van der Waals surface area contributed by atoms with Crippen LogP contribution < -0.4 is 4.74 Å². The molecule has 36 heavy (non-hydrogen) atoms. The quantitative estimate of drug-likeness (QED) is 0.375. The van der Waals surface area contributed by atoms with Crippen LogP contribution in [0.5, 0.6) is 5.75 Å². The van der Waals surface area contributed by atoms with Gasteiger partial charge in [0.2, 0.25) is 0 Å². The molecular weight excluding hydrogens is 450 g/mol. The van der Waals surface area contributed by atoms with Crippen LogP contribution in [0.15, 0.2) is 36.8 Å². The van der Waals surface area contributed by atoms with E-state index in [1.54, 1.807) is 6.33 Å². The van der Waals surface area contributed by atoms with Crippen molar-refractivity contribution in [2.24, 2.45) is 0 Å². The number of aromatic nitrogens is 4. The van der Waals surface area contributed by atoms with Crippen LogP contribution in [0, 0.1) is 0 Å². The molecule has 1 aromatic carbocycles. The van der Waals surface area contributed by atoms with Crippen molar-refractivity contribution in [1.29, 1.82) is 0 Å². The Morgan fingerprint density at radius 1 is 1.11 bits per heavy atom. The first-order valence-corrected chi connectivity index (χ1v) is 13.6. The maximum absolute atomic E-state index is 5.92. The van der Waals surface area contributed by atoms with Crippen molar-refractivity contribution < 1.29 is 9.47 Å². The average molecular weight is 488 g/mol. The number of piperidine rings is 1. The van der Waals surface area contributed by atoms with Gasteiger partial charge in [0, 0.05) is 41.9 Å². The van der Waals surface area contributed by atoms with Gasteiger partial charge in [0.05, 0.1) is 12.3 Å². The summed E-state index contributed by atoms with van der Waals surface area (Å²) in [6, 6.07) is 9.88. The Labute approximate surface area is 212 Å². The van der Waals surface area contributed by atoms with E-state index in [-0.39, 0.29) is 0 Å². The second-order valence-corrected chi connectivity index (χ2v) is 10.6. The summed E-state index contributed by atoms with van der Waals surface area (Å²) < 4.78 is 13.3. The third-order valence-corrected chi connectivity index (χ3v) is 8.08. The molecule has 2 saturated heterocycles. The van der Waals surface area contributed by atoms with Crippen LogP contribution in [0.1, 0.15) is 69.4 Å². The van der Waals surface area contributed by atoms with E-state index in [0.717, 1.165) is 35.9 Å². The maximum atomic E-state index is 5.92. The number of ether oxygens (including phenoxy) is 2. The summed E-state index contributed by atoms with van der Waals surface area (Å²) in [6.07, 6.45) is 8.47. The Balaban J connectivity index is 1.32. The van der Waals surface area contributed by atoms with Crippen LogP contribution in [0.4, 0.5) is 0 Å². The number of pyridine rings is 1. The number of benzene rings is 1. The smallest absolute Gasteiger partial charge is 0.197 e. The highest BCUT2D eigenvalue weighted by Gasteiger charge is 2.28. The van der Waals surface area contributed by atoms with E-state index in [0.29, 0.717) is 24.5 Å². The lowest BCUT2D eigenvalue weighted by atomic mass is 9.86. The first kappa shape index (κ1) is 23.5. The van der Waals surface area contributed by atoms with Gasteiger partial charge in [0.25, 0.3) is 0 Å². The molecule has 0 amide bonds. The van der Waals surface area contributed by atoms with Crippen molar-refractivity contribution in [2.45, 2.75) is 64.3 Å². The topological polar surface area (TPSA) is 67.7 Å². The van der Waals surface area contributed by atoms with Gasteiger partial charge in [-0.05, 0) is 86.9 Å². The summed E-state index contributed by atoms with van der Waals surface area (Å²) in [5.74, 6) is 1.76. The predicted molar refractivity (Wildman–Crippen MR) is 143 cm³/mol. The summed E-state index contributed by atoms with van der Waals surface area (Å²) in [5.41, 5.74) is 6.98. The summed E-state index contributed by atoms with van der Waals surface area (Å²) in [4.78, 5) is 10.8. The molecule has 7 nitrogen and oxygen atoms in total. The molecule has 0 saturated carbocycles. The largest absolute Gasteiger partial charge is 0.490 e. The molecule has 2 fully saturated rings. The van der Waals surface area contributed by atoms with Crippen LogP contribution in [0.2, 0.25) is 0 Å². The summed E-state index contributed by atoms with van der Waals surface area (Å²) in [7, 11) is 0. The number of nitrogens with zero attached hydrogens (tertiary/aromatic N) is 4. The van der Waals surface area contributed by atoms with Crippen molar-refractivity contribution in [3.63, 3.8) is 0 Å². The SMILES string of the molecule is CCOc1cc(-c2[nH]c3ccc(C4CCN(C5CCOCC5)CC4)cc3c2C(C)C)cn2ncnc12. The maximum Gasteiger partial charge on any atom is 0.197 e. The molecule has 4 aromatic rings. The number of H-pyrrole nitrogens is 1. The van der Waals surface area contributed by atoms with Crippen LogP contribution in [0.3, 0.4) is 0 Å². The van der Waals surface area contributed by atoms with E-state index in [9.17, 15) is 0 Å². The zero-order chi connectivity index (χ0) is 24.6. The van der Waals surface area contributed by atoms with Crippen molar-refractivity contribution in [1.82, 2.24) is 24.5 Å². The molecule has 0 spiro atoms. The molecule has 3 aromatic heterocycles. The second-order valence-electron chi connectivity index (χ2n) is 10.6. The van der Waals surface area contributed by atoms with E-state index in [1.807, 2.05) is 17.6 Å². The lowest BCUT2D eigenvalue weighted by molar-refractivity contribution is 0.0252. The molecule has 7 heteroatoms. The van der Waals surface area contributed by atoms with Gasteiger partial charge < -0.3 is 19.4 Å². The summed E-state index contributed by atoms with van der Waals surface area (Å²) in [6.45, 7) is 11.4. The van der Waals surface area contributed by atoms with Crippen LogP contribution in [0.25, 0.3) is 27.8 Å². The molecular formula is C29H37N5O2. The van der Waals surface area contributed by atoms with Gasteiger partial charge >= 0.3 is 0 Å². The normalized spacial score (nSPS) is 18.6. The zero-order valence-electron chi connectivity index (χ0n) is 21.7. The number of aromatic amines is 1. The zero-order valence-corrected chi connectivity index (χ0v) is 21.7. The Kier molecular flexibility index (Phi) is 6.44. The van der Waals surface area contributed by atoms with Gasteiger partial charge in [-0.15, -0.1) is 0 Å². The minimum absolute atomic E-state index is 0.376. The van der Waals surface area contributed by atoms with Gasteiger partial charge in [-0.3, -0.25) is 0 Å². The fourth-order valence-corrected chi connectivity index (χ4v) is 6.25. The number of rotatable bonds is 6. The molecule has 0 unspecified atom stereocenters. The van der Waals surface area contributed by atoms with E-state index >= 15 is 0 Å². The number of hydrogen-bond donors (Lipinski definition) is 1. The van der Waals surface area contributed by atoms with E-state index in [4.69, 9.17) is 9.47 Å². The highest BCUT2D eigenvalue weighted by molar-refractivity contribution is 5.92. The standard InChI is InChI=1S/C29H37N5O2/c1-4-36-26-16-22(17-34-29(26)30-18-31-34)28-27(19(2)3)24-15-21(5-6-25(24)32-28)20-7-11-33(12-8-20)23-9-13-35-14-10-23/h5-6,15-20,23,32H,4,7-14H2,1-3H3. The Hall–Kier alpha value is -2.90. The summed E-state index contributed by atoms with van der Waals surface area (Å²) >= 11 is 0. The second kappa shape index (κ2) is 9.87.